The highest BCUT2D eigenvalue weighted by atomic mass is 32.2. The highest BCUT2D eigenvalue weighted by Crippen LogP contribution is 2.32. The van der Waals surface area contributed by atoms with Gasteiger partial charge in [0.1, 0.15) is 11.1 Å². The largest absolute Gasteiger partial charge is 0.274 e. The van der Waals surface area contributed by atoms with Gasteiger partial charge in [0.2, 0.25) is 17.0 Å². The van der Waals surface area contributed by atoms with Gasteiger partial charge in [-0.05, 0) is 19.1 Å². The maximum Gasteiger partial charge on any atom is 0.247 e. The summed E-state index contributed by atoms with van der Waals surface area (Å²) in [5.74, 6) is 0.281. The number of anilines is 1. The molecule has 1 atom stereocenters. The van der Waals surface area contributed by atoms with Crippen LogP contribution in [0, 0.1) is 6.92 Å². The average molecular weight is 288 g/mol. The van der Waals surface area contributed by atoms with Gasteiger partial charge in [-0.3, -0.25) is 14.7 Å². The fourth-order valence-corrected chi connectivity index (χ4v) is 3.02. The maximum atomic E-state index is 12.3. The van der Waals surface area contributed by atoms with E-state index in [1.165, 1.54) is 16.7 Å². The lowest BCUT2D eigenvalue weighted by Gasteiger charge is -2.14. The fraction of sp³-hybridized carbons (Fsp3) is 0.231. The minimum atomic E-state index is -0.460. The van der Waals surface area contributed by atoms with Crippen LogP contribution in [0.5, 0.6) is 0 Å². The first-order valence-electron chi connectivity index (χ1n) is 6.12. The zero-order valence-electron chi connectivity index (χ0n) is 10.7. The Balaban J connectivity index is 1.80. The number of nitrogens with one attached hydrogen (secondary N) is 1. The number of rotatable bonds is 3. The minimum absolute atomic E-state index is 0.173. The molecule has 1 N–H and O–H groups in total. The molecular formula is C13H12N4O2S. The van der Waals surface area contributed by atoms with Gasteiger partial charge in [0.15, 0.2) is 0 Å². The van der Waals surface area contributed by atoms with E-state index < -0.39 is 5.25 Å². The van der Waals surface area contributed by atoms with Gasteiger partial charge in [0.25, 0.3) is 0 Å². The Bertz CT molecular complexity index is 655. The number of nitrogens with zero attached hydrogens (tertiary/aromatic N) is 3. The van der Waals surface area contributed by atoms with Gasteiger partial charge in [-0.15, -0.1) is 5.10 Å². The van der Waals surface area contributed by atoms with Gasteiger partial charge in [-0.25, -0.2) is 9.88 Å². The average Bonchev–Trinajstić information content (AvgIpc) is 2.96. The summed E-state index contributed by atoms with van der Waals surface area (Å²) in [6.45, 7) is 1.79. The number of benzene rings is 1. The topological polar surface area (TPSA) is 79.0 Å². The Hall–Kier alpha value is -2.15. The molecule has 1 aliphatic rings. The molecule has 0 aliphatic carbocycles. The third kappa shape index (κ3) is 2.32. The van der Waals surface area contributed by atoms with Gasteiger partial charge in [-0.1, -0.05) is 30.0 Å². The second kappa shape index (κ2) is 5.09. The Kier molecular flexibility index (Phi) is 3.27. The SMILES string of the molecule is Cc1nc(S[C@H]2CC(=O)N(c3ccccc3)C2=O)n[nH]1. The van der Waals surface area contributed by atoms with E-state index in [9.17, 15) is 9.59 Å². The van der Waals surface area contributed by atoms with E-state index in [0.717, 1.165) is 0 Å². The Labute approximate surface area is 119 Å². The monoisotopic (exact) mass is 288 g/mol. The lowest BCUT2D eigenvalue weighted by Crippen LogP contribution is -2.31. The summed E-state index contributed by atoms with van der Waals surface area (Å²) >= 11 is 1.22. The van der Waals surface area contributed by atoms with Crippen LogP contribution in [0.15, 0.2) is 35.5 Å². The number of aryl methyl sites for hydroxylation is 1. The van der Waals surface area contributed by atoms with E-state index in [-0.39, 0.29) is 18.2 Å². The zero-order valence-corrected chi connectivity index (χ0v) is 11.6. The number of hydrogen-bond donors (Lipinski definition) is 1. The van der Waals surface area contributed by atoms with Gasteiger partial charge in [0.05, 0.1) is 5.69 Å². The summed E-state index contributed by atoms with van der Waals surface area (Å²) in [5.41, 5.74) is 0.608. The minimum Gasteiger partial charge on any atom is -0.274 e. The Morgan fingerprint density at radius 2 is 2.05 bits per heavy atom. The van der Waals surface area contributed by atoms with Crippen molar-refractivity contribution in [2.24, 2.45) is 0 Å². The number of amides is 2. The molecule has 1 fully saturated rings. The molecule has 1 aromatic heterocycles. The standard InChI is InChI=1S/C13H12N4O2S/c1-8-14-13(16-15-8)20-10-7-11(18)17(12(10)19)9-5-3-2-4-6-9/h2-6,10H,7H2,1H3,(H,14,15,16)/t10-/m0/s1. The third-order valence-electron chi connectivity index (χ3n) is 2.94. The van der Waals surface area contributed by atoms with Crippen LogP contribution in [0.3, 0.4) is 0 Å². The zero-order chi connectivity index (χ0) is 14.1. The molecule has 2 heterocycles. The third-order valence-corrected chi connectivity index (χ3v) is 3.99. The van der Waals surface area contributed by atoms with E-state index in [4.69, 9.17) is 0 Å². The van der Waals surface area contributed by atoms with E-state index in [0.29, 0.717) is 16.7 Å². The maximum absolute atomic E-state index is 12.3. The van der Waals surface area contributed by atoms with Crippen molar-refractivity contribution in [2.45, 2.75) is 23.8 Å². The summed E-state index contributed by atoms with van der Waals surface area (Å²) in [5, 5.41) is 6.73. The molecular weight excluding hydrogens is 276 g/mol. The predicted octanol–water partition coefficient (Wildman–Crippen LogP) is 1.54. The lowest BCUT2D eigenvalue weighted by atomic mass is 10.3. The van der Waals surface area contributed by atoms with Crippen molar-refractivity contribution in [3.63, 3.8) is 0 Å². The van der Waals surface area contributed by atoms with Crippen molar-refractivity contribution in [2.75, 3.05) is 4.90 Å². The number of thioether (sulfide) groups is 1. The van der Waals surface area contributed by atoms with Crippen molar-refractivity contribution in [1.29, 1.82) is 0 Å². The summed E-state index contributed by atoms with van der Waals surface area (Å²) < 4.78 is 0. The van der Waals surface area contributed by atoms with Crippen LogP contribution < -0.4 is 4.90 Å². The summed E-state index contributed by atoms with van der Waals surface area (Å²) in [4.78, 5) is 29.8. The molecule has 0 radical (unpaired) electrons. The van der Waals surface area contributed by atoms with Gasteiger partial charge >= 0.3 is 0 Å². The molecule has 0 unspecified atom stereocenters. The summed E-state index contributed by atoms with van der Waals surface area (Å²) in [6.07, 6.45) is 0.173. The number of aromatic nitrogens is 3. The number of carbonyl (C=O) groups excluding carboxylic acids is 2. The molecule has 0 spiro atoms. The van der Waals surface area contributed by atoms with Crippen LogP contribution in [-0.2, 0) is 9.59 Å². The van der Waals surface area contributed by atoms with Crippen LogP contribution in [0.1, 0.15) is 12.2 Å². The van der Waals surface area contributed by atoms with Crippen molar-refractivity contribution < 1.29 is 9.59 Å². The first-order valence-corrected chi connectivity index (χ1v) is 7.00. The van der Waals surface area contributed by atoms with Crippen LogP contribution in [0.25, 0.3) is 0 Å². The number of aromatic amines is 1. The molecule has 0 saturated carbocycles. The van der Waals surface area contributed by atoms with Gasteiger partial charge in [0, 0.05) is 6.42 Å². The van der Waals surface area contributed by atoms with E-state index in [1.54, 1.807) is 31.2 Å². The Morgan fingerprint density at radius 3 is 2.70 bits per heavy atom. The van der Waals surface area contributed by atoms with E-state index in [1.807, 2.05) is 6.07 Å². The van der Waals surface area contributed by atoms with Crippen LogP contribution in [0.4, 0.5) is 5.69 Å². The molecule has 20 heavy (non-hydrogen) atoms. The molecule has 7 heteroatoms. The van der Waals surface area contributed by atoms with Crippen molar-refractivity contribution in [1.82, 2.24) is 15.2 Å². The lowest BCUT2D eigenvalue weighted by molar-refractivity contribution is -0.121. The molecule has 1 aromatic carbocycles. The number of imide groups is 1. The van der Waals surface area contributed by atoms with Crippen molar-refractivity contribution in [3.05, 3.63) is 36.2 Å². The summed E-state index contributed by atoms with van der Waals surface area (Å²) in [6, 6.07) is 8.95. The van der Waals surface area contributed by atoms with E-state index in [2.05, 4.69) is 15.2 Å². The molecule has 2 amide bonds. The second-order valence-electron chi connectivity index (χ2n) is 4.42. The first-order chi connectivity index (χ1) is 9.65. The van der Waals surface area contributed by atoms with Crippen LogP contribution >= 0.6 is 11.8 Å². The van der Waals surface area contributed by atoms with Crippen LogP contribution in [-0.4, -0.2) is 32.2 Å². The predicted molar refractivity (Wildman–Crippen MR) is 74.3 cm³/mol. The number of hydrogen-bond acceptors (Lipinski definition) is 5. The van der Waals surface area contributed by atoms with Gasteiger partial charge in [-0.2, -0.15) is 0 Å². The highest BCUT2D eigenvalue weighted by molar-refractivity contribution is 8.00. The Morgan fingerprint density at radius 1 is 1.30 bits per heavy atom. The fourth-order valence-electron chi connectivity index (χ4n) is 2.05. The van der Waals surface area contributed by atoms with Gasteiger partial charge < -0.3 is 0 Å². The molecule has 2 aromatic rings. The molecule has 6 nitrogen and oxygen atoms in total. The quantitative estimate of drug-likeness (QED) is 0.867. The molecule has 1 aliphatic heterocycles. The molecule has 102 valence electrons. The molecule has 1 saturated heterocycles. The summed E-state index contributed by atoms with van der Waals surface area (Å²) in [7, 11) is 0. The molecule has 0 bridgehead atoms. The number of H-pyrrole nitrogens is 1. The van der Waals surface area contributed by atoms with Crippen molar-refractivity contribution >= 4 is 29.3 Å². The highest BCUT2D eigenvalue weighted by Gasteiger charge is 2.40. The number of para-hydroxylation sites is 1. The van der Waals surface area contributed by atoms with Crippen molar-refractivity contribution in [3.8, 4) is 0 Å². The smallest absolute Gasteiger partial charge is 0.247 e. The number of carbonyl (C=O) groups is 2. The second-order valence-corrected chi connectivity index (χ2v) is 5.59. The normalized spacial score (nSPS) is 18.9. The van der Waals surface area contributed by atoms with Crippen LogP contribution in [0.2, 0.25) is 0 Å². The molecule has 3 rings (SSSR count). The van der Waals surface area contributed by atoms with E-state index >= 15 is 0 Å². The first kappa shape index (κ1) is 12.9.